The molecule has 0 heterocycles. The Labute approximate surface area is 128 Å². The highest BCUT2D eigenvalue weighted by Gasteiger charge is 2.09. The van der Waals surface area contributed by atoms with E-state index in [9.17, 15) is 5.11 Å². The summed E-state index contributed by atoms with van der Waals surface area (Å²) >= 11 is 0. The molecule has 0 bridgehead atoms. The first-order valence-electron chi connectivity index (χ1n) is 7.65. The van der Waals surface area contributed by atoms with Crippen LogP contribution < -0.4 is 4.90 Å². The molecule has 2 aromatic carbocycles. The van der Waals surface area contributed by atoms with Crippen LogP contribution in [0.3, 0.4) is 0 Å². The maximum Gasteiger partial charge on any atom is 0.0806 e. The Kier molecular flexibility index (Phi) is 5.40. The molecule has 112 valence electrons. The first kappa shape index (κ1) is 15.6. The van der Waals surface area contributed by atoms with Gasteiger partial charge in [-0.05, 0) is 43.0 Å². The predicted octanol–water partition coefficient (Wildman–Crippen LogP) is 4.12. The van der Waals surface area contributed by atoms with Gasteiger partial charge in [-0.2, -0.15) is 0 Å². The molecule has 1 unspecified atom stereocenters. The maximum absolute atomic E-state index is 10.3. The van der Waals surface area contributed by atoms with Crippen LogP contribution in [0.25, 0.3) is 0 Å². The van der Waals surface area contributed by atoms with E-state index in [1.54, 1.807) is 0 Å². The quantitative estimate of drug-likeness (QED) is 0.862. The third-order valence-electron chi connectivity index (χ3n) is 3.99. The van der Waals surface area contributed by atoms with E-state index in [4.69, 9.17) is 0 Å². The third-order valence-corrected chi connectivity index (χ3v) is 3.99. The second-order valence-corrected chi connectivity index (χ2v) is 5.66. The molecule has 0 radical (unpaired) electrons. The number of aryl methyl sites for hydroxylation is 2. The van der Waals surface area contributed by atoms with Crippen LogP contribution in [0.1, 0.15) is 36.1 Å². The molecule has 1 atom stereocenters. The topological polar surface area (TPSA) is 23.5 Å². The lowest BCUT2D eigenvalue weighted by Crippen LogP contribution is -2.20. The number of nitrogens with zero attached hydrogens (tertiary/aromatic N) is 1. The molecule has 0 spiro atoms. The Morgan fingerprint density at radius 2 is 1.62 bits per heavy atom. The van der Waals surface area contributed by atoms with Crippen molar-refractivity contribution in [2.45, 2.75) is 32.8 Å². The normalized spacial score (nSPS) is 12.2. The molecule has 0 saturated heterocycles. The molecule has 1 N–H and O–H groups in total. The van der Waals surface area contributed by atoms with Gasteiger partial charge in [0.1, 0.15) is 0 Å². The van der Waals surface area contributed by atoms with E-state index in [2.05, 4.69) is 50.1 Å². The highest BCUT2D eigenvalue weighted by atomic mass is 16.3. The van der Waals surface area contributed by atoms with E-state index in [1.165, 1.54) is 16.8 Å². The Bertz CT molecular complexity index is 545. The Morgan fingerprint density at radius 3 is 2.19 bits per heavy atom. The zero-order chi connectivity index (χ0) is 15.2. The highest BCUT2D eigenvalue weighted by Crippen LogP contribution is 2.20. The van der Waals surface area contributed by atoms with Crippen LogP contribution >= 0.6 is 0 Å². The largest absolute Gasteiger partial charge is 0.388 e. The maximum atomic E-state index is 10.3. The van der Waals surface area contributed by atoms with Crippen LogP contribution in [0.2, 0.25) is 0 Å². The standard InChI is InChI=1S/C19H25NO/c1-4-16-7-11-18(12-8-16)20(3)14-13-19(21)17-9-5-15(2)6-10-17/h5-12,19,21H,4,13-14H2,1-3H3. The Hall–Kier alpha value is -1.80. The molecule has 0 aliphatic heterocycles. The summed E-state index contributed by atoms with van der Waals surface area (Å²) in [6.45, 7) is 5.06. The van der Waals surface area contributed by atoms with Crippen molar-refractivity contribution < 1.29 is 5.11 Å². The lowest BCUT2D eigenvalue weighted by atomic mass is 10.0. The van der Waals surface area contributed by atoms with Gasteiger partial charge >= 0.3 is 0 Å². The fourth-order valence-corrected chi connectivity index (χ4v) is 2.39. The molecule has 2 nitrogen and oxygen atoms in total. The van der Waals surface area contributed by atoms with Gasteiger partial charge in [0, 0.05) is 19.3 Å². The monoisotopic (exact) mass is 283 g/mol. The number of hydrogen-bond acceptors (Lipinski definition) is 2. The van der Waals surface area contributed by atoms with Gasteiger partial charge in [0.25, 0.3) is 0 Å². The van der Waals surface area contributed by atoms with Crippen molar-refractivity contribution in [3.05, 3.63) is 65.2 Å². The zero-order valence-electron chi connectivity index (χ0n) is 13.2. The average molecular weight is 283 g/mol. The summed E-state index contributed by atoms with van der Waals surface area (Å²) in [4.78, 5) is 2.19. The van der Waals surface area contributed by atoms with Crippen LogP contribution in [-0.4, -0.2) is 18.7 Å². The lowest BCUT2D eigenvalue weighted by Gasteiger charge is -2.21. The van der Waals surface area contributed by atoms with Crippen LogP contribution in [0, 0.1) is 6.92 Å². The van der Waals surface area contributed by atoms with Gasteiger partial charge in [-0.3, -0.25) is 0 Å². The summed E-state index contributed by atoms with van der Waals surface area (Å²) in [5.41, 5.74) is 4.77. The van der Waals surface area contributed by atoms with Gasteiger partial charge < -0.3 is 10.0 Å². The molecular weight excluding hydrogens is 258 g/mol. The SMILES string of the molecule is CCc1ccc(N(C)CCC(O)c2ccc(C)cc2)cc1. The minimum absolute atomic E-state index is 0.400. The number of aliphatic hydroxyl groups excluding tert-OH is 1. The van der Waals surface area contributed by atoms with Crippen LogP contribution in [0.4, 0.5) is 5.69 Å². The number of rotatable bonds is 6. The van der Waals surface area contributed by atoms with E-state index >= 15 is 0 Å². The van der Waals surface area contributed by atoms with Crippen molar-refractivity contribution in [1.29, 1.82) is 0 Å². The van der Waals surface area contributed by atoms with Crippen LogP contribution in [-0.2, 0) is 6.42 Å². The van der Waals surface area contributed by atoms with Gasteiger partial charge in [0.05, 0.1) is 6.10 Å². The summed E-state index contributed by atoms with van der Waals surface area (Å²) in [6, 6.07) is 16.8. The molecule has 2 aromatic rings. The third kappa shape index (κ3) is 4.33. The van der Waals surface area contributed by atoms with Crippen molar-refractivity contribution in [2.75, 3.05) is 18.5 Å². The Balaban J connectivity index is 1.90. The first-order valence-corrected chi connectivity index (χ1v) is 7.65. The van der Waals surface area contributed by atoms with Crippen LogP contribution in [0.15, 0.2) is 48.5 Å². The van der Waals surface area contributed by atoms with Crippen molar-refractivity contribution in [3.63, 3.8) is 0 Å². The number of anilines is 1. The summed E-state index contributed by atoms with van der Waals surface area (Å²) in [5.74, 6) is 0. The number of aliphatic hydroxyl groups is 1. The van der Waals surface area contributed by atoms with Crippen molar-refractivity contribution >= 4 is 5.69 Å². The van der Waals surface area contributed by atoms with E-state index in [0.717, 1.165) is 24.9 Å². The van der Waals surface area contributed by atoms with Gasteiger partial charge in [0.15, 0.2) is 0 Å². The minimum Gasteiger partial charge on any atom is -0.388 e. The van der Waals surface area contributed by atoms with Gasteiger partial charge in [-0.25, -0.2) is 0 Å². The Morgan fingerprint density at radius 1 is 1.00 bits per heavy atom. The first-order chi connectivity index (χ1) is 10.1. The number of benzene rings is 2. The van der Waals surface area contributed by atoms with E-state index in [0.29, 0.717) is 0 Å². The minimum atomic E-state index is -0.400. The summed E-state index contributed by atoms with van der Waals surface area (Å²) in [6.07, 6.45) is 1.40. The average Bonchev–Trinajstić information content (AvgIpc) is 2.53. The second kappa shape index (κ2) is 7.28. The highest BCUT2D eigenvalue weighted by molar-refractivity contribution is 5.46. The van der Waals surface area contributed by atoms with Crippen LogP contribution in [0.5, 0.6) is 0 Å². The summed E-state index contributed by atoms with van der Waals surface area (Å²) < 4.78 is 0. The molecule has 0 aromatic heterocycles. The fourth-order valence-electron chi connectivity index (χ4n) is 2.39. The molecule has 0 amide bonds. The molecule has 0 aliphatic carbocycles. The molecule has 2 rings (SSSR count). The van der Waals surface area contributed by atoms with E-state index in [1.807, 2.05) is 24.3 Å². The molecule has 0 saturated carbocycles. The lowest BCUT2D eigenvalue weighted by molar-refractivity contribution is 0.170. The molecule has 21 heavy (non-hydrogen) atoms. The predicted molar refractivity (Wildman–Crippen MR) is 89.8 cm³/mol. The summed E-state index contributed by atoms with van der Waals surface area (Å²) in [7, 11) is 2.07. The summed E-state index contributed by atoms with van der Waals surface area (Å²) in [5, 5.41) is 10.3. The van der Waals surface area contributed by atoms with Crippen molar-refractivity contribution in [1.82, 2.24) is 0 Å². The van der Waals surface area contributed by atoms with Gasteiger partial charge in [0.2, 0.25) is 0 Å². The molecular formula is C19H25NO. The van der Waals surface area contributed by atoms with Gasteiger partial charge in [-0.15, -0.1) is 0 Å². The van der Waals surface area contributed by atoms with E-state index < -0.39 is 6.10 Å². The van der Waals surface area contributed by atoms with E-state index in [-0.39, 0.29) is 0 Å². The number of hydrogen-bond donors (Lipinski definition) is 1. The molecule has 2 heteroatoms. The molecule has 0 fully saturated rings. The van der Waals surface area contributed by atoms with Gasteiger partial charge in [-0.1, -0.05) is 48.9 Å². The van der Waals surface area contributed by atoms with Crippen molar-refractivity contribution in [2.24, 2.45) is 0 Å². The fraction of sp³-hybridized carbons (Fsp3) is 0.368. The zero-order valence-corrected chi connectivity index (χ0v) is 13.2. The smallest absolute Gasteiger partial charge is 0.0806 e. The molecule has 0 aliphatic rings. The van der Waals surface area contributed by atoms with Crippen molar-refractivity contribution in [3.8, 4) is 0 Å². The second-order valence-electron chi connectivity index (χ2n) is 5.66.